The molecule has 6 heteroatoms. The number of aryl methyl sites for hydroxylation is 1. The normalized spacial score (nSPS) is 11.0. The van der Waals surface area contributed by atoms with Crippen molar-refractivity contribution in [2.75, 3.05) is 0 Å². The predicted molar refractivity (Wildman–Crippen MR) is 48.7 cm³/mol. The molecule has 0 saturated heterocycles. The molecule has 0 bridgehead atoms. The van der Waals surface area contributed by atoms with E-state index in [-0.39, 0.29) is 6.54 Å². The van der Waals surface area contributed by atoms with E-state index in [2.05, 4.69) is 10.3 Å². The molecule has 76 valence electrons. The van der Waals surface area contributed by atoms with E-state index >= 15 is 0 Å². The minimum Gasteiger partial charge on any atom is -0.480 e. The molecule has 0 saturated carbocycles. The topological polar surface area (TPSA) is 87.7 Å². The van der Waals surface area contributed by atoms with E-state index in [0.717, 1.165) is 0 Å². The molecule has 6 nitrogen and oxygen atoms in total. The Kier molecular flexibility index (Phi) is 2.85. The number of aromatic nitrogens is 2. The van der Waals surface area contributed by atoms with Crippen molar-refractivity contribution in [3.8, 4) is 0 Å². The zero-order valence-corrected chi connectivity index (χ0v) is 7.93. The summed E-state index contributed by atoms with van der Waals surface area (Å²) in [7, 11) is 0. The van der Waals surface area contributed by atoms with Crippen LogP contribution in [0, 0.1) is 13.8 Å². The highest BCUT2D eigenvalue weighted by atomic mass is 16.4. The summed E-state index contributed by atoms with van der Waals surface area (Å²) in [6.45, 7) is 3.26. The molecule has 14 heavy (non-hydrogen) atoms. The number of carboxylic acid groups (broad SMARTS) is 1. The summed E-state index contributed by atoms with van der Waals surface area (Å²) in [6, 6.07) is 0. The van der Waals surface area contributed by atoms with Gasteiger partial charge in [-0.3, -0.25) is 9.48 Å². The van der Waals surface area contributed by atoms with Gasteiger partial charge in [0, 0.05) is 11.3 Å². The van der Waals surface area contributed by atoms with Crippen LogP contribution in [-0.2, 0) is 11.3 Å². The zero-order chi connectivity index (χ0) is 10.7. The molecule has 0 aliphatic carbocycles. The van der Waals surface area contributed by atoms with Crippen molar-refractivity contribution in [3.63, 3.8) is 0 Å². The minimum absolute atomic E-state index is 0.189. The number of carbonyl (C=O) groups is 1. The molecule has 1 heterocycles. The Labute approximate surface area is 80.5 Å². The molecular weight excluding hydrogens is 186 g/mol. The number of hydrogen-bond acceptors (Lipinski definition) is 4. The van der Waals surface area contributed by atoms with Gasteiger partial charge in [0.1, 0.15) is 6.54 Å². The smallest absolute Gasteiger partial charge is 0.325 e. The van der Waals surface area contributed by atoms with E-state index < -0.39 is 5.97 Å². The predicted octanol–water partition coefficient (Wildman–Crippen LogP) is 0.393. The van der Waals surface area contributed by atoms with Crippen molar-refractivity contribution >= 4 is 12.2 Å². The summed E-state index contributed by atoms with van der Waals surface area (Å²) in [4.78, 5) is 10.5. The van der Waals surface area contributed by atoms with Crippen LogP contribution in [-0.4, -0.2) is 32.3 Å². The van der Waals surface area contributed by atoms with Gasteiger partial charge in [0.2, 0.25) is 0 Å². The molecule has 0 aliphatic rings. The van der Waals surface area contributed by atoms with E-state index in [1.54, 1.807) is 13.8 Å². The highest BCUT2D eigenvalue weighted by molar-refractivity contribution is 5.82. The van der Waals surface area contributed by atoms with Gasteiger partial charge in [-0.2, -0.15) is 5.10 Å². The number of rotatable bonds is 3. The quantitative estimate of drug-likeness (QED) is 0.417. The number of aliphatic carboxylic acids is 1. The van der Waals surface area contributed by atoms with Crippen molar-refractivity contribution in [1.82, 2.24) is 9.78 Å². The van der Waals surface area contributed by atoms with Gasteiger partial charge in [0.05, 0.1) is 11.9 Å². The molecule has 0 aliphatic heterocycles. The first-order chi connectivity index (χ1) is 6.56. The van der Waals surface area contributed by atoms with E-state index in [1.165, 1.54) is 10.9 Å². The van der Waals surface area contributed by atoms with Gasteiger partial charge < -0.3 is 10.3 Å². The molecule has 2 N–H and O–H groups in total. The Morgan fingerprint density at radius 1 is 1.64 bits per heavy atom. The summed E-state index contributed by atoms with van der Waals surface area (Å²) in [6.07, 6.45) is 1.25. The van der Waals surface area contributed by atoms with Crippen LogP contribution >= 0.6 is 0 Å². The Morgan fingerprint density at radius 3 is 2.79 bits per heavy atom. The third-order valence-electron chi connectivity index (χ3n) is 1.91. The van der Waals surface area contributed by atoms with Crippen molar-refractivity contribution < 1.29 is 15.1 Å². The summed E-state index contributed by atoms with van der Waals surface area (Å²) in [5.74, 6) is -0.955. The lowest BCUT2D eigenvalue weighted by molar-refractivity contribution is -0.137. The van der Waals surface area contributed by atoms with Crippen LogP contribution in [0.3, 0.4) is 0 Å². The highest BCUT2D eigenvalue weighted by Crippen LogP contribution is 2.10. The molecule has 0 radical (unpaired) electrons. The number of hydrogen-bond donors (Lipinski definition) is 2. The van der Waals surface area contributed by atoms with Gasteiger partial charge in [-0.1, -0.05) is 5.16 Å². The van der Waals surface area contributed by atoms with Gasteiger partial charge in [-0.25, -0.2) is 0 Å². The summed E-state index contributed by atoms with van der Waals surface area (Å²) in [5.41, 5.74) is 1.96. The average Bonchev–Trinajstić information content (AvgIpc) is 2.32. The fraction of sp³-hybridized carbons (Fsp3) is 0.375. The molecule has 1 aromatic rings. The van der Waals surface area contributed by atoms with E-state index in [9.17, 15) is 4.79 Å². The maximum Gasteiger partial charge on any atom is 0.325 e. The number of oxime groups is 1. The van der Waals surface area contributed by atoms with Crippen LogP contribution in [0.4, 0.5) is 0 Å². The van der Waals surface area contributed by atoms with Gasteiger partial charge in [-0.05, 0) is 13.8 Å². The fourth-order valence-electron chi connectivity index (χ4n) is 1.24. The molecule has 0 spiro atoms. The molecule has 0 unspecified atom stereocenters. The standard InChI is InChI=1S/C8H11N3O3/c1-5-7(3-9-14)6(2)11(10-5)4-8(12)13/h3,14H,4H2,1-2H3,(H,12,13)/b9-3-. The Morgan fingerprint density at radius 2 is 2.29 bits per heavy atom. The summed E-state index contributed by atoms with van der Waals surface area (Å²) >= 11 is 0. The van der Waals surface area contributed by atoms with Crippen molar-refractivity contribution in [2.24, 2.45) is 5.16 Å². The maximum absolute atomic E-state index is 10.5. The Hall–Kier alpha value is -1.85. The average molecular weight is 197 g/mol. The molecule has 1 rings (SSSR count). The molecule has 0 amide bonds. The van der Waals surface area contributed by atoms with Gasteiger partial charge in [0.15, 0.2) is 0 Å². The van der Waals surface area contributed by atoms with Crippen LogP contribution in [0.5, 0.6) is 0 Å². The molecule has 1 aromatic heterocycles. The Bertz CT molecular complexity index is 381. The first kappa shape index (κ1) is 10.2. The van der Waals surface area contributed by atoms with Crippen LogP contribution in [0.15, 0.2) is 5.16 Å². The fourth-order valence-corrected chi connectivity index (χ4v) is 1.24. The van der Waals surface area contributed by atoms with Gasteiger partial charge >= 0.3 is 5.97 Å². The van der Waals surface area contributed by atoms with Crippen molar-refractivity contribution in [2.45, 2.75) is 20.4 Å². The SMILES string of the molecule is Cc1nn(CC(=O)O)c(C)c1/C=N\O. The summed E-state index contributed by atoms with van der Waals surface area (Å²) in [5, 5.41) is 23.9. The first-order valence-corrected chi connectivity index (χ1v) is 3.99. The second-order valence-electron chi connectivity index (χ2n) is 2.88. The third kappa shape index (κ3) is 1.90. The number of carboxylic acids is 1. The van der Waals surface area contributed by atoms with Crippen LogP contribution < -0.4 is 0 Å². The van der Waals surface area contributed by atoms with E-state index in [1.807, 2.05) is 0 Å². The van der Waals surface area contributed by atoms with Gasteiger partial charge in [-0.15, -0.1) is 0 Å². The van der Waals surface area contributed by atoms with Crippen LogP contribution in [0.2, 0.25) is 0 Å². The maximum atomic E-state index is 10.5. The lowest BCUT2D eigenvalue weighted by atomic mass is 10.2. The van der Waals surface area contributed by atoms with Crippen LogP contribution in [0.25, 0.3) is 0 Å². The third-order valence-corrected chi connectivity index (χ3v) is 1.91. The van der Waals surface area contributed by atoms with E-state index in [0.29, 0.717) is 17.0 Å². The zero-order valence-electron chi connectivity index (χ0n) is 7.93. The second-order valence-corrected chi connectivity index (χ2v) is 2.88. The van der Waals surface area contributed by atoms with Gasteiger partial charge in [0.25, 0.3) is 0 Å². The first-order valence-electron chi connectivity index (χ1n) is 3.99. The lowest BCUT2D eigenvalue weighted by Gasteiger charge is -1.98. The van der Waals surface area contributed by atoms with Crippen molar-refractivity contribution in [1.29, 1.82) is 0 Å². The minimum atomic E-state index is -0.955. The van der Waals surface area contributed by atoms with E-state index in [4.69, 9.17) is 10.3 Å². The lowest BCUT2D eigenvalue weighted by Crippen LogP contribution is -2.11. The Balaban J connectivity index is 3.10. The second kappa shape index (κ2) is 3.91. The number of nitrogens with zero attached hydrogens (tertiary/aromatic N) is 3. The molecular formula is C8H11N3O3. The molecule has 0 aromatic carbocycles. The van der Waals surface area contributed by atoms with Crippen molar-refractivity contribution in [3.05, 3.63) is 17.0 Å². The highest BCUT2D eigenvalue weighted by Gasteiger charge is 2.11. The largest absolute Gasteiger partial charge is 0.480 e. The molecule has 0 atom stereocenters. The molecule has 0 fully saturated rings. The summed E-state index contributed by atoms with van der Waals surface area (Å²) < 4.78 is 1.36. The van der Waals surface area contributed by atoms with Crippen LogP contribution in [0.1, 0.15) is 17.0 Å². The monoisotopic (exact) mass is 197 g/mol.